The fourth-order valence-electron chi connectivity index (χ4n) is 0.815. The third-order valence-corrected chi connectivity index (χ3v) is 1.48. The van der Waals surface area contributed by atoms with E-state index in [2.05, 4.69) is 0 Å². The Morgan fingerprint density at radius 3 is 1.92 bits per heavy atom. The van der Waals surface area contributed by atoms with E-state index in [1.54, 1.807) is 0 Å². The van der Waals surface area contributed by atoms with Crippen molar-refractivity contribution in [2.24, 2.45) is 0 Å². The van der Waals surface area contributed by atoms with Crippen LogP contribution in [0.5, 0.6) is 5.75 Å². The molecule has 0 atom stereocenters. The summed E-state index contributed by atoms with van der Waals surface area (Å²) in [5.41, 5.74) is 0.00306. The first-order valence-corrected chi connectivity index (χ1v) is 3.35. The van der Waals surface area contributed by atoms with Gasteiger partial charge in [-0.15, -0.1) is 0 Å². The lowest BCUT2D eigenvalue weighted by atomic mass is 10.2. The molecule has 0 aromatic heterocycles. The minimum absolute atomic E-state index is 0.00306. The van der Waals surface area contributed by atoms with Gasteiger partial charge in [0, 0.05) is 5.56 Å². The summed E-state index contributed by atoms with van der Waals surface area (Å²) in [4.78, 5) is 0. The predicted molar refractivity (Wildman–Crippen MR) is 41.3 cm³/mol. The number of methoxy groups -OCH3 is 1. The molecule has 12 heavy (non-hydrogen) atoms. The number of benzene rings is 1. The highest BCUT2D eigenvalue weighted by Crippen LogP contribution is 2.18. The SMILES string of the molecule is COc1ccc(C(O)(O)O)cc1. The Balaban J connectivity index is 2.93. The van der Waals surface area contributed by atoms with Crippen LogP contribution in [0.2, 0.25) is 0 Å². The molecule has 0 saturated heterocycles. The van der Waals surface area contributed by atoms with Crippen molar-refractivity contribution in [3.8, 4) is 5.75 Å². The Morgan fingerprint density at radius 1 is 1.08 bits per heavy atom. The number of aliphatic hydroxyl groups is 3. The fourth-order valence-corrected chi connectivity index (χ4v) is 0.815. The molecule has 0 aliphatic rings. The summed E-state index contributed by atoms with van der Waals surface area (Å²) in [5, 5.41) is 26.2. The molecule has 1 aromatic carbocycles. The molecule has 0 heterocycles. The van der Waals surface area contributed by atoms with Gasteiger partial charge in [-0.3, -0.25) is 0 Å². The summed E-state index contributed by atoms with van der Waals surface area (Å²) < 4.78 is 4.84. The summed E-state index contributed by atoms with van der Waals surface area (Å²) in [6.07, 6.45) is 0. The molecule has 0 aliphatic carbocycles. The van der Waals surface area contributed by atoms with Gasteiger partial charge >= 0.3 is 5.97 Å². The van der Waals surface area contributed by atoms with Crippen LogP contribution in [0.25, 0.3) is 0 Å². The van der Waals surface area contributed by atoms with Gasteiger partial charge in [-0.25, -0.2) is 0 Å². The molecule has 1 aromatic rings. The largest absolute Gasteiger partial charge is 0.497 e. The summed E-state index contributed by atoms with van der Waals surface area (Å²) >= 11 is 0. The van der Waals surface area contributed by atoms with Gasteiger partial charge in [0.2, 0.25) is 0 Å². The summed E-state index contributed by atoms with van der Waals surface area (Å²) in [7, 11) is 1.50. The van der Waals surface area contributed by atoms with Crippen LogP contribution < -0.4 is 4.74 Å². The van der Waals surface area contributed by atoms with E-state index in [1.807, 2.05) is 0 Å². The van der Waals surface area contributed by atoms with Crippen molar-refractivity contribution in [2.75, 3.05) is 7.11 Å². The van der Waals surface area contributed by atoms with Gasteiger partial charge in [-0.2, -0.15) is 0 Å². The van der Waals surface area contributed by atoms with Gasteiger partial charge in [0.05, 0.1) is 7.11 Å². The van der Waals surface area contributed by atoms with Crippen molar-refractivity contribution in [1.82, 2.24) is 0 Å². The molecule has 66 valence electrons. The lowest BCUT2D eigenvalue weighted by molar-refractivity contribution is -0.323. The zero-order chi connectivity index (χ0) is 9.19. The molecule has 0 bridgehead atoms. The predicted octanol–water partition coefficient (Wildman–Crippen LogP) is -0.218. The van der Waals surface area contributed by atoms with Gasteiger partial charge in [-0.1, -0.05) is 0 Å². The number of rotatable bonds is 2. The Bertz CT molecular complexity index is 247. The maximum Gasteiger partial charge on any atom is 0.304 e. The van der Waals surface area contributed by atoms with Crippen molar-refractivity contribution < 1.29 is 20.1 Å². The van der Waals surface area contributed by atoms with E-state index in [0.717, 1.165) is 0 Å². The fraction of sp³-hybridized carbons (Fsp3) is 0.250. The van der Waals surface area contributed by atoms with Crippen molar-refractivity contribution in [2.45, 2.75) is 5.97 Å². The van der Waals surface area contributed by atoms with Crippen LogP contribution >= 0.6 is 0 Å². The Morgan fingerprint density at radius 2 is 1.58 bits per heavy atom. The maximum atomic E-state index is 8.72. The molecule has 0 fully saturated rings. The van der Waals surface area contributed by atoms with Gasteiger partial charge < -0.3 is 20.1 Å². The average molecular weight is 170 g/mol. The topological polar surface area (TPSA) is 69.9 Å². The van der Waals surface area contributed by atoms with E-state index in [4.69, 9.17) is 20.1 Å². The van der Waals surface area contributed by atoms with Gasteiger partial charge in [0.1, 0.15) is 5.75 Å². The smallest absolute Gasteiger partial charge is 0.304 e. The van der Waals surface area contributed by atoms with E-state index in [0.29, 0.717) is 5.75 Å². The first kappa shape index (κ1) is 8.99. The van der Waals surface area contributed by atoms with E-state index >= 15 is 0 Å². The van der Waals surface area contributed by atoms with Crippen molar-refractivity contribution in [1.29, 1.82) is 0 Å². The quantitative estimate of drug-likeness (QED) is 0.537. The van der Waals surface area contributed by atoms with Crippen molar-refractivity contribution >= 4 is 0 Å². The standard InChI is InChI=1S/C8H10O4/c1-12-7-4-2-6(3-5-7)8(9,10)11/h2-5,9-11H,1H3. The van der Waals surface area contributed by atoms with Crippen LogP contribution in [0.3, 0.4) is 0 Å². The van der Waals surface area contributed by atoms with E-state index in [-0.39, 0.29) is 5.56 Å². The zero-order valence-corrected chi connectivity index (χ0v) is 6.56. The molecular weight excluding hydrogens is 160 g/mol. The normalized spacial score (nSPS) is 11.3. The van der Waals surface area contributed by atoms with Crippen LogP contribution in [0.15, 0.2) is 24.3 Å². The van der Waals surface area contributed by atoms with Gasteiger partial charge in [-0.05, 0) is 24.3 Å². The first-order valence-electron chi connectivity index (χ1n) is 3.35. The van der Waals surface area contributed by atoms with Gasteiger partial charge in [0.25, 0.3) is 0 Å². The molecule has 0 unspecified atom stereocenters. The molecule has 0 aliphatic heterocycles. The number of hydrogen-bond acceptors (Lipinski definition) is 4. The molecule has 4 nitrogen and oxygen atoms in total. The molecule has 0 radical (unpaired) electrons. The second-order valence-corrected chi connectivity index (χ2v) is 2.36. The highest BCUT2D eigenvalue weighted by molar-refractivity contribution is 5.28. The number of hydrogen-bond donors (Lipinski definition) is 3. The minimum Gasteiger partial charge on any atom is -0.497 e. The van der Waals surface area contributed by atoms with Crippen LogP contribution in [-0.2, 0) is 5.97 Å². The maximum absolute atomic E-state index is 8.72. The van der Waals surface area contributed by atoms with Crippen LogP contribution in [0.4, 0.5) is 0 Å². The summed E-state index contributed by atoms with van der Waals surface area (Å²) in [6.45, 7) is 0. The molecule has 1 rings (SSSR count). The second kappa shape index (κ2) is 3.10. The molecule has 4 heteroatoms. The molecule has 0 amide bonds. The highest BCUT2D eigenvalue weighted by atomic mass is 16.7. The van der Waals surface area contributed by atoms with Crippen LogP contribution in [-0.4, -0.2) is 22.4 Å². The molecule has 0 spiro atoms. The Labute approximate surface area is 69.7 Å². The van der Waals surface area contributed by atoms with Crippen molar-refractivity contribution in [3.63, 3.8) is 0 Å². The van der Waals surface area contributed by atoms with Gasteiger partial charge in [0.15, 0.2) is 0 Å². The van der Waals surface area contributed by atoms with Crippen LogP contribution in [0.1, 0.15) is 5.56 Å². The van der Waals surface area contributed by atoms with Crippen molar-refractivity contribution in [3.05, 3.63) is 29.8 Å². The Hall–Kier alpha value is -1.10. The van der Waals surface area contributed by atoms with Crippen LogP contribution in [0, 0.1) is 0 Å². The van der Waals surface area contributed by atoms with E-state index in [9.17, 15) is 0 Å². The molecular formula is C8H10O4. The summed E-state index contributed by atoms with van der Waals surface area (Å²) in [6, 6.07) is 5.76. The molecule has 0 saturated carbocycles. The third kappa shape index (κ3) is 1.94. The average Bonchev–Trinajstić information content (AvgIpc) is 2.03. The molecule has 3 N–H and O–H groups in total. The first-order chi connectivity index (χ1) is 5.54. The monoisotopic (exact) mass is 170 g/mol. The zero-order valence-electron chi connectivity index (χ0n) is 6.56. The Kier molecular flexibility index (Phi) is 2.32. The lowest BCUT2D eigenvalue weighted by Gasteiger charge is -2.13. The van der Waals surface area contributed by atoms with E-state index in [1.165, 1.54) is 31.4 Å². The lowest BCUT2D eigenvalue weighted by Crippen LogP contribution is -2.23. The minimum atomic E-state index is -2.77. The summed E-state index contributed by atoms with van der Waals surface area (Å²) in [5.74, 6) is -2.19. The highest BCUT2D eigenvalue weighted by Gasteiger charge is 2.20. The van der Waals surface area contributed by atoms with E-state index < -0.39 is 5.97 Å². The third-order valence-electron chi connectivity index (χ3n) is 1.48. The number of ether oxygens (including phenoxy) is 1. The second-order valence-electron chi connectivity index (χ2n) is 2.36.